The van der Waals surface area contributed by atoms with Crippen LogP contribution >= 0.6 is 0 Å². The van der Waals surface area contributed by atoms with Crippen molar-refractivity contribution in [1.82, 2.24) is 0 Å². The minimum absolute atomic E-state index is 0.183. The van der Waals surface area contributed by atoms with E-state index in [-0.39, 0.29) is 6.04 Å². The molecule has 1 atom stereocenters. The van der Waals surface area contributed by atoms with E-state index in [0.29, 0.717) is 0 Å². The molecule has 136 valence electrons. The summed E-state index contributed by atoms with van der Waals surface area (Å²) in [5.74, 6) is 7.10. The molecule has 1 heteroatoms. The van der Waals surface area contributed by atoms with Crippen molar-refractivity contribution in [3.8, 4) is 11.8 Å². The van der Waals surface area contributed by atoms with Crippen LogP contribution < -0.4 is 4.90 Å². The van der Waals surface area contributed by atoms with Gasteiger partial charge in [-0.2, -0.15) is 0 Å². The first-order valence-corrected chi connectivity index (χ1v) is 10.3. The van der Waals surface area contributed by atoms with E-state index in [0.717, 1.165) is 19.4 Å². The van der Waals surface area contributed by atoms with Crippen LogP contribution in [0.5, 0.6) is 0 Å². The van der Waals surface area contributed by atoms with E-state index in [2.05, 4.69) is 78.3 Å². The first kappa shape index (κ1) is 18.6. The molecule has 2 aromatic carbocycles. The number of nitrogens with zero attached hydrogens (tertiary/aromatic N) is 1. The molecule has 0 bridgehead atoms. The second-order valence-corrected chi connectivity index (χ2v) is 7.22. The fourth-order valence-corrected chi connectivity index (χ4v) is 3.78. The van der Waals surface area contributed by atoms with Gasteiger partial charge in [-0.15, -0.1) is 5.92 Å². The van der Waals surface area contributed by atoms with E-state index >= 15 is 0 Å². The molecule has 1 heterocycles. The van der Waals surface area contributed by atoms with E-state index in [9.17, 15) is 0 Å². The molecule has 1 aliphatic heterocycles. The Morgan fingerprint density at radius 3 is 2.46 bits per heavy atom. The van der Waals surface area contributed by atoms with Gasteiger partial charge in [0.25, 0.3) is 0 Å². The smallest absolute Gasteiger partial charge is 0.116 e. The Balaban J connectivity index is 1.68. The molecule has 1 unspecified atom stereocenters. The number of fused-ring (bicyclic) bond motifs is 1. The summed E-state index contributed by atoms with van der Waals surface area (Å²) in [4.78, 5) is 2.47. The highest BCUT2D eigenvalue weighted by molar-refractivity contribution is 5.55. The van der Waals surface area contributed by atoms with Crippen molar-refractivity contribution in [3.63, 3.8) is 0 Å². The molecule has 3 rings (SSSR count). The third-order valence-corrected chi connectivity index (χ3v) is 5.27. The second-order valence-electron chi connectivity index (χ2n) is 7.22. The third kappa shape index (κ3) is 4.92. The van der Waals surface area contributed by atoms with Gasteiger partial charge in [0, 0.05) is 18.7 Å². The zero-order valence-corrected chi connectivity index (χ0v) is 16.1. The quantitative estimate of drug-likeness (QED) is 0.406. The van der Waals surface area contributed by atoms with Gasteiger partial charge in [-0.25, -0.2) is 0 Å². The summed E-state index contributed by atoms with van der Waals surface area (Å²) in [6.45, 7) is 3.31. The van der Waals surface area contributed by atoms with Crippen molar-refractivity contribution >= 4 is 5.69 Å². The molecule has 0 fully saturated rings. The van der Waals surface area contributed by atoms with Crippen molar-refractivity contribution in [1.29, 1.82) is 0 Å². The van der Waals surface area contributed by atoms with Gasteiger partial charge in [-0.3, -0.25) is 0 Å². The van der Waals surface area contributed by atoms with Crippen LogP contribution in [-0.2, 0) is 6.42 Å². The van der Waals surface area contributed by atoms with Gasteiger partial charge >= 0.3 is 0 Å². The largest absolute Gasteiger partial charge is 0.353 e. The van der Waals surface area contributed by atoms with E-state index < -0.39 is 0 Å². The monoisotopic (exact) mass is 345 g/mol. The average Bonchev–Trinajstić information content (AvgIpc) is 2.70. The number of unbranched alkanes of at least 4 members (excludes halogenated alkanes) is 6. The molecule has 0 amide bonds. The first-order chi connectivity index (χ1) is 12.9. The SMILES string of the molecule is CCCCCCCCC#CC1c2ccccc2CCN1c1ccccc1. The van der Waals surface area contributed by atoms with Crippen LogP contribution in [0.15, 0.2) is 54.6 Å². The lowest BCUT2D eigenvalue weighted by Gasteiger charge is -2.36. The Bertz CT molecular complexity index is 723. The molecule has 0 saturated carbocycles. The lowest BCUT2D eigenvalue weighted by atomic mass is 9.92. The van der Waals surface area contributed by atoms with Crippen molar-refractivity contribution in [3.05, 3.63) is 65.7 Å². The normalized spacial score (nSPS) is 15.9. The molecular formula is C25H31N. The number of anilines is 1. The van der Waals surface area contributed by atoms with Crippen LogP contribution in [0.25, 0.3) is 0 Å². The van der Waals surface area contributed by atoms with Crippen molar-refractivity contribution in [2.75, 3.05) is 11.4 Å². The topological polar surface area (TPSA) is 3.24 Å². The standard InChI is InChI=1S/C25H31N/c1-2-3-4-5-6-7-8-12-19-25-24-18-14-13-15-22(24)20-21-26(25)23-16-10-9-11-17-23/h9-11,13-18,25H,2-8,20-21H2,1H3. The molecule has 1 nitrogen and oxygen atoms in total. The van der Waals surface area contributed by atoms with Crippen molar-refractivity contribution in [2.24, 2.45) is 0 Å². The Kier molecular flexibility index (Phi) is 7.20. The number of rotatable bonds is 7. The Hall–Kier alpha value is -2.20. The molecule has 1 aliphatic rings. The van der Waals surface area contributed by atoms with E-state index in [1.807, 2.05) is 0 Å². The summed E-state index contributed by atoms with van der Waals surface area (Å²) >= 11 is 0. The summed E-state index contributed by atoms with van der Waals surface area (Å²) in [5, 5.41) is 0. The van der Waals surface area contributed by atoms with Gasteiger partial charge < -0.3 is 4.90 Å². The van der Waals surface area contributed by atoms with E-state index in [1.165, 1.54) is 55.3 Å². The summed E-state index contributed by atoms with van der Waals surface area (Å²) in [5.41, 5.74) is 4.12. The van der Waals surface area contributed by atoms with Gasteiger partial charge in [-0.05, 0) is 36.1 Å². The minimum atomic E-state index is 0.183. The molecule has 0 radical (unpaired) electrons. The Morgan fingerprint density at radius 1 is 0.885 bits per heavy atom. The summed E-state index contributed by atoms with van der Waals surface area (Å²) in [7, 11) is 0. The molecule has 0 aliphatic carbocycles. The number of hydrogen-bond donors (Lipinski definition) is 0. The molecule has 0 saturated heterocycles. The second kappa shape index (κ2) is 10.1. The summed E-state index contributed by atoms with van der Waals surface area (Å²) in [6.07, 6.45) is 10.1. The van der Waals surface area contributed by atoms with Crippen LogP contribution in [0.3, 0.4) is 0 Å². The van der Waals surface area contributed by atoms with Crippen LogP contribution in [-0.4, -0.2) is 6.54 Å². The van der Waals surface area contributed by atoms with Crippen LogP contribution in [0.2, 0.25) is 0 Å². The van der Waals surface area contributed by atoms with Gasteiger partial charge in [0.2, 0.25) is 0 Å². The maximum absolute atomic E-state index is 3.60. The number of benzene rings is 2. The fraction of sp³-hybridized carbons (Fsp3) is 0.440. The van der Waals surface area contributed by atoms with Crippen molar-refractivity contribution in [2.45, 2.75) is 64.3 Å². The Labute approximate surface area is 159 Å². The van der Waals surface area contributed by atoms with Crippen molar-refractivity contribution < 1.29 is 0 Å². The molecule has 2 aromatic rings. The number of hydrogen-bond acceptors (Lipinski definition) is 1. The van der Waals surface area contributed by atoms with Gasteiger partial charge in [0.15, 0.2) is 0 Å². The molecule has 26 heavy (non-hydrogen) atoms. The zero-order chi connectivity index (χ0) is 18.0. The highest BCUT2D eigenvalue weighted by atomic mass is 15.2. The van der Waals surface area contributed by atoms with E-state index in [1.54, 1.807) is 0 Å². The van der Waals surface area contributed by atoms with Crippen LogP contribution in [0.1, 0.15) is 69.0 Å². The maximum Gasteiger partial charge on any atom is 0.116 e. The molecular weight excluding hydrogens is 314 g/mol. The van der Waals surface area contributed by atoms with Crippen LogP contribution in [0.4, 0.5) is 5.69 Å². The fourth-order valence-electron chi connectivity index (χ4n) is 3.78. The van der Waals surface area contributed by atoms with Gasteiger partial charge in [0.05, 0.1) is 0 Å². The summed E-state index contributed by atoms with van der Waals surface area (Å²) < 4.78 is 0. The maximum atomic E-state index is 3.60. The predicted octanol–water partition coefficient (Wildman–Crippen LogP) is 6.54. The lowest BCUT2D eigenvalue weighted by Crippen LogP contribution is -2.34. The van der Waals surface area contributed by atoms with Gasteiger partial charge in [-0.1, -0.05) is 87.4 Å². The highest BCUT2D eigenvalue weighted by Crippen LogP contribution is 2.33. The first-order valence-electron chi connectivity index (χ1n) is 10.3. The molecule has 0 N–H and O–H groups in total. The van der Waals surface area contributed by atoms with Crippen LogP contribution in [0, 0.1) is 11.8 Å². The highest BCUT2D eigenvalue weighted by Gasteiger charge is 2.25. The Morgan fingerprint density at radius 2 is 1.62 bits per heavy atom. The van der Waals surface area contributed by atoms with E-state index in [4.69, 9.17) is 0 Å². The number of para-hydroxylation sites is 1. The molecule has 0 aromatic heterocycles. The molecule has 0 spiro atoms. The minimum Gasteiger partial charge on any atom is -0.353 e. The average molecular weight is 346 g/mol. The third-order valence-electron chi connectivity index (χ3n) is 5.27. The zero-order valence-electron chi connectivity index (χ0n) is 16.1. The summed E-state index contributed by atoms with van der Waals surface area (Å²) in [6, 6.07) is 19.7. The van der Waals surface area contributed by atoms with Gasteiger partial charge in [0.1, 0.15) is 6.04 Å². The lowest BCUT2D eigenvalue weighted by molar-refractivity contribution is 0.613. The predicted molar refractivity (Wildman–Crippen MR) is 112 cm³/mol.